The molecule has 5 nitrogen and oxygen atoms in total. The first kappa shape index (κ1) is 16.5. The molecule has 1 aromatic rings. The van der Waals surface area contributed by atoms with Crippen molar-refractivity contribution in [1.29, 1.82) is 0 Å². The monoisotopic (exact) mass is 299 g/mol. The van der Waals surface area contributed by atoms with Crippen LogP contribution in [0.15, 0.2) is 24.3 Å². The van der Waals surface area contributed by atoms with E-state index in [0.29, 0.717) is 10.6 Å². The normalized spacial score (nSPS) is 15.1. The topological polar surface area (TPSA) is 75.6 Å². The summed E-state index contributed by atoms with van der Waals surface area (Å²) in [6.45, 7) is 2.83. The molecule has 0 saturated heterocycles. The fourth-order valence-electron chi connectivity index (χ4n) is 2.02. The molecule has 1 rings (SSSR count). The van der Waals surface area contributed by atoms with Crippen molar-refractivity contribution < 1.29 is 19.4 Å². The van der Waals surface area contributed by atoms with E-state index in [0.717, 1.165) is 0 Å². The highest BCUT2D eigenvalue weighted by Gasteiger charge is 2.35. The fraction of sp³-hybridized carbons (Fsp3) is 0.429. The van der Waals surface area contributed by atoms with Gasteiger partial charge in [-0.1, -0.05) is 23.7 Å². The van der Waals surface area contributed by atoms with E-state index in [1.807, 2.05) is 0 Å². The molecule has 0 aliphatic heterocycles. The Morgan fingerprint density at radius 1 is 1.30 bits per heavy atom. The van der Waals surface area contributed by atoms with Gasteiger partial charge in [-0.15, -0.1) is 0 Å². The summed E-state index contributed by atoms with van der Waals surface area (Å²) in [5.74, 6) is -1.79. The van der Waals surface area contributed by atoms with E-state index in [2.05, 4.69) is 5.32 Å². The zero-order valence-electron chi connectivity index (χ0n) is 11.6. The molecule has 110 valence electrons. The number of esters is 1. The average Bonchev–Trinajstić information content (AvgIpc) is 2.37. The van der Waals surface area contributed by atoms with Crippen molar-refractivity contribution in [2.24, 2.45) is 5.92 Å². The molecule has 1 aromatic carbocycles. The largest absolute Gasteiger partial charge is 0.469 e. The number of carbonyl (C=O) groups is 2. The molecule has 0 aliphatic rings. The van der Waals surface area contributed by atoms with Crippen LogP contribution in [0.3, 0.4) is 0 Å². The highest BCUT2D eigenvalue weighted by atomic mass is 35.5. The predicted octanol–water partition coefficient (Wildman–Crippen LogP) is 1.69. The number of hydrogen-bond donors (Lipinski definition) is 2. The molecular formula is C14H18ClNO4. The van der Waals surface area contributed by atoms with Gasteiger partial charge in [0.1, 0.15) is 5.92 Å². The Labute approximate surface area is 122 Å². The van der Waals surface area contributed by atoms with Gasteiger partial charge in [-0.2, -0.15) is 0 Å². The zero-order chi connectivity index (χ0) is 15.3. The lowest BCUT2D eigenvalue weighted by molar-refractivity contribution is -0.150. The highest BCUT2D eigenvalue weighted by molar-refractivity contribution is 6.30. The van der Waals surface area contributed by atoms with Gasteiger partial charge in [0.05, 0.1) is 19.3 Å². The molecule has 0 bridgehead atoms. The maximum Gasteiger partial charge on any atom is 0.313 e. The number of nitrogens with one attached hydrogen (secondary N) is 1. The van der Waals surface area contributed by atoms with Crippen molar-refractivity contribution in [1.82, 2.24) is 5.32 Å². The zero-order valence-corrected chi connectivity index (χ0v) is 12.3. The van der Waals surface area contributed by atoms with Crippen molar-refractivity contribution in [3.05, 3.63) is 34.9 Å². The number of aliphatic hydroxyl groups is 1. The predicted molar refractivity (Wildman–Crippen MR) is 75.2 cm³/mol. The molecule has 0 aliphatic carbocycles. The molecule has 0 fully saturated rings. The van der Waals surface area contributed by atoms with Crippen molar-refractivity contribution in [2.45, 2.75) is 26.0 Å². The van der Waals surface area contributed by atoms with E-state index < -0.39 is 24.0 Å². The molecule has 0 radical (unpaired) electrons. The number of carbonyl (C=O) groups excluding carboxylic acids is 2. The van der Waals surface area contributed by atoms with Crippen LogP contribution in [0.5, 0.6) is 0 Å². The summed E-state index contributed by atoms with van der Waals surface area (Å²) >= 11 is 5.83. The first-order chi connectivity index (χ1) is 9.36. The Bertz CT molecular complexity index is 473. The number of methoxy groups -OCH3 is 1. The van der Waals surface area contributed by atoms with Crippen molar-refractivity contribution in [3.63, 3.8) is 0 Å². The van der Waals surface area contributed by atoms with Gasteiger partial charge in [0, 0.05) is 11.9 Å². The standard InChI is InChI=1S/C14H18ClNO4/c1-8(17)12(14(19)20-3)13(16-9(2)18)10-4-6-11(15)7-5-10/h4-8,12-13,17H,1-3H3,(H,16,18)/t8-,12-,13+/m1/s1. The Morgan fingerprint density at radius 3 is 2.25 bits per heavy atom. The SMILES string of the molecule is COC(=O)[C@H]([C@@H](C)O)[C@@H](NC(C)=O)c1ccc(Cl)cc1. The van der Waals surface area contributed by atoms with Crippen molar-refractivity contribution in [3.8, 4) is 0 Å². The molecule has 3 atom stereocenters. The van der Waals surface area contributed by atoms with E-state index in [-0.39, 0.29) is 5.91 Å². The quantitative estimate of drug-likeness (QED) is 0.811. The number of amides is 1. The molecule has 0 unspecified atom stereocenters. The third-order valence-corrected chi connectivity index (χ3v) is 3.19. The van der Waals surface area contributed by atoms with Gasteiger partial charge < -0.3 is 15.2 Å². The minimum Gasteiger partial charge on any atom is -0.469 e. The maximum absolute atomic E-state index is 11.9. The van der Waals surface area contributed by atoms with Crippen LogP contribution < -0.4 is 5.32 Å². The number of halogens is 1. The summed E-state index contributed by atoms with van der Waals surface area (Å²) < 4.78 is 4.71. The van der Waals surface area contributed by atoms with Gasteiger partial charge >= 0.3 is 5.97 Å². The Balaban J connectivity index is 3.18. The summed E-state index contributed by atoms with van der Waals surface area (Å²) in [6, 6.07) is 6.02. The second-order valence-electron chi connectivity index (χ2n) is 4.52. The maximum atomic E-state index is 11.9. The summed E-state index contributed by atoms with van der Waals surface area (Å²) in [6.07, 6.45) is -0.977. The Morgan fingerprint density at radius 2 is 1.85 bits per heavy atom. The van der Waals surface area contributed by atoms with E-state index in [1.54, 1.807) is 24.3 Å². The second kappa shape index (κ2) is 7.26. The van der Waals surface area contributed by atoms with E-state index in [4.69, 9.17) is 16.3 Å². The molecule has 0 spiro atoms. The first-order valence-corrected chi connectivity index (χ1v) is 6.53. The summed E-state index contributed by atoms with van der Waals surface area (Å²) in [4.78, 5) is 23.2. The average molecular weight is 300 g/mol. The van der Waals surface area contributed by atoms with Crippen molar-refractivity contribution >= 4 is 23.5 Å². The Hall–Kier alpha value is -1.59. The lowest BCUT2D eigenvalue weighted by Gasteiger charge is -2.28. The van der Waals surface area contributed by atoms with Crippen LogP contribution in [0.25, 0.3) is 0 Å². The van der Waals surface area contributed by atoms with Gasteiger partial charge in [-0.05, 0) is 24.6 Å². The van der Waals surface area contributed by atoms with E-state index in [1.165, 1.54) is 21.0 Å². The molecule has 6 heteroatoms. The molecule has 1 amide bonds. The Kier molecular flexibility index (Phi) is 5.98. The first-order valence-electron chi connectivity index (χ1n) is 6.15. The van der Waals surface area contributed by atoms with Gasteiger partial charge in [-0.25, -0.2) is 0 Å². The van der Waals surface area contributed by atoms with Crippen LogP contribution in [0, 0.1) is 5.92 Å². The molecule has 0 aromatic heterocycles. The highest BCUT2D eigenvalue weighted by Crippen LogP contribution is 2.27. The number of rotatable bonds is 5. The molecule has 0 heterocycles. The molecule has 0 saturated carbocycles. The number of aliphatic hydroxyl groups excluding tert-OH is 1. The number of hydrogen-bond acceptors (Lipinski definition) is 4. The molecule has 2 N–H and O–H groups in total. The van der Waals surface area contributed by atoms with Gasteiger partial charge in [-0.3, -0.25) is 9.59 Å². The fourth-order valence-corrected chi connectivity index (χ4v) is 2.14. The van der Waals surface area contributed by atoms with Crippen LogP contribution in [0.2, 0.25) is 5.02 Å². The van der Waals surface area contributed by atoms with E-state index in [9.17, 15) is 14.7 Å². The van der Waals surface area contributed by atoms with Gasteiger partial charge in [0.25, 0.3) is 0 Å². The lowest BCUT2D eigenvalue weighted by Crippen LogP contribution is -2.41. The minimum absolute atomic E-state index is 0.306. The number of ether oxygens (including phenoxy) is 1. The number of benzene rings is 1. The summed E-state index contributed by atoms with van der Waals surface area (Å²) in [5, 5.41) is 13.0. The summed E-state index contributed by atoms with van der Waals surface area (Å²) in [5.41, 5.74) is 0.668. The van der Waals surface area contributed by atoms with Crippen LogP contribution in [-0.4, -0.2) is 30.2 Å². The second-order valence-corrected chi connectivity index (χ2v) is 4.96. The minimum atomic E-state index is -0.977. The third-order valence-electron chi connectivity index (χ3n) is 2.94. The van der Waals surface area contributed by atoms with Crippen LogP contribution in [-0.2, 0) is 14.3 Å². The van der Waals surface area contributed by atoms with Crippen LogP contribution in [0.1, 0.15) is 25.5 Å². The smallest absolute Gasteiger partial charge is 0.313 e. The summed E-state index contributed by atoms with van der Waals surface area (Å²) in [7, 11) is 1.24. The van der Waals surface area contributed by atoms with Crippen LogP contribution >= 0.6 is 11.6 Å². The van der Waals surface area contributed by atoms with Crippen LogP contribution in [0.4, 0.5) is 0 Å². The lowest BCUT2D eigenvalue weighted by atomic mass is 9.89. The molecular weight excluding hydrogens is 282 g/mol. The third kappa shape index (κ3) is 4.21. The van der Waals surface area contributed by atoms with E-state index >= 15 is 0 Å². The molecule has 20 heavy (non-hydrogen) atoms. The van der Waals surface area contributed by atoms with Gasteiger partial charge in [0.2, 0.25) is 5.91 Å². The van der Waals surface area contributed by atoms with Crippen molar-refractivity contribution in [2.75, 3.05) is 7.11 Å². The van der Waals surface area contributed by atoms with Gasteiger partial charge in [0.15, 0.2) is 0 Å².